The van der Waals surface area contributed by atoms with E-state index in [1.807, 2.05) is 0 Å². The second-order valence-electron chi connectivity index (χ2n) is 5.58. The van der Waals surface area contributed by atoms with Crippen LogP contribution in [-0.2, 0) is 9.59 Å². The molecule has 0 saturated heterocycles. The van der Waals surface area contributed by atoms with Gasteiger partial charge in [0.25, 0.3) is 0 Å². The monoisotopic (exact) mass is 347 g/mol. The average molecular weight is 347 g/mol. The van der Waals surface area contributed by atoms with Crippen LogP contribution in [0.2, 0.25) is 0 Å². The van der Waals surface area contributed by atoms with Gasteiger partial charge in [-0.3, -0.25) is 9.59 Å². The van der Waals surface area contributed by atoms with Gasteiger partial charge in [0.1, 0.15) is 11.6 Å². The van der Waals surface area contributed by atoms with Crippen molar-refractivity contribution in [1.29, 1.82) is 0 Å². The Bertz CT molecular complexity index is 763. The summed E-state index contributed by atoms with van der Waals surface area (Å²) >= 11 is 0. The molecule has 7 heteroatoms. The van der Waals surface area contributed by atoms with E-state index in [1.165, 1.54) is 19.1 Å². The van der Waals surface area contributed by atoms with Gasteiger partial charge < -0.3 is 16.0 Å². The third-order valence-corrected chi connectivity index (χ3v) is 3.49. The van der Waals surface area contributed by atoms with Crippen LogP contribution in [0.25, 0.3) is 0 Å². The SMILES string of the molecule is CC(=O)Nc1ccc(NC(=O)CN[C@H](C)c2ccc(F)cc2F)cc1. The van der Waals surface area contributed by atoms with E-state index in [-0.39, 0.29) is 23.9 Å². The number of hydrogen-bond donors (Lipinski definition) is 3. The fourth-order valence-electron chi connectivity index (χ4n) is 2.25. The molecule has 1 atom stereocenters. The van der Waals surface area contributed by atoms with E-state index in [1.54, 1.807) is 31.2 Å². The molecule has 2 aromatic rings. The Kier molecular flexibility index (Phi) is 6.19. The van der Waals surface area contributed by atoms with Crippen molar-refractivity contribution in [3.05, 3.63) is 59.7 Å². The number of carbonyl (C=O) groups is 2. The normalized spacial score (nSPS) is 11.7. The maximum Gasteiger partial charge on any atom is 0.238 e. The van der Waals surface area contributed by atoms with Gasteiger partial charge in [-0.1, -0.05) is 6.07 Å². The van der Waals surface area contributed by atoms with Gasteiger partial charge in [0.05, 0.1) is 6.54 Å². The van der Waals surface area contributed by atoms with Crippen LogP contribution in [0, 0.1) is 11.6 Å². The summed E-state index contributed by atoms with van der Waals surface area (Å²) in [6, 6.07) is 9.53. The van der Waals surface area contributed by atoms with Gasteiger partial charge in [-0.25, -0.2) is 8.78 Å². The van der Waals surface area contributed by atoms with Crippen molar-refractivity contribution in [3.63, 3.8) is 0 Å². The van der Waals surface area contributed by atoms with Gasteiger partial charge in [-0.15, -0.1) is 0 Å². The van der Waals surface area contributed by atoms with Gasteiger partial charge in [0, 0.05) is 36.0 Å². The van der Waals surface area contributed by atoms with E-state index in [0.29, 0.717) is 11.4 Å². The highest BCUT2D eigenvalue weighted by Gasteiger charge is 2.13. The minimum Gasteiger partial charge on any atom is -0.326 e. The number of benzene rings is 2. The summed E-state index contributed by atoms with van der Waals surface area (Å²) in [5, 5.41) is 8.20. The fraction of sp³-hybridized carbons (Fsp3) is 0.222. The Labute approximate surface area is 144 Å². The van der Waals surface area contributed by atoms with E-state index >= 15 is 0 Å². The topological polar surface area (TPSA) is 70.2 Å². The molecule has 0 radical (unpaired) electrons. The lowest BCUT2D eigenvalue weighted by Crippen LogP contribution is -2.30. The number of halogens is 2. The van der Waals surface area contributed by atoms with Crippen molar-refractivity contribution in [2.24, 2.45) is 0 Å². The molecule has 0 aromatic heterocycles. The van der Waals surface area contributed by atoms with Crippen LogP contribution in [0.4, 0.5) is 20.2 Å². The van der Waals surface area contributed by atoms with E-state index in [0.717, 1.165) is 6.07 Å². The zero-order valence-corrected chi connectivity index (χ0v) is 13.9. The molecule has 0 aliphatic carbocycles. The fourth-order valence-corrected chi connectivity index (χ4v) is 2.25. The molecule has 0 spiro atoms. The van der Waals surface area contributed by atoms with Crippen molar-refractivity contribution in [2.75, 3.05) is 17.2 Å². The number of hydrogen-bond acceptors (Lipinski definition) is 3. The van der Waals surface area contributed by atoms with Gasteiger partial charge in [0.15, 0.2) is 0 Å². The van der Waals surface area contributed by atoms with Gasteiger partial charge >= 0.3 is 0 Å². The molecule has 2 aromatic carbocycles. The highest BCUT2D eigenvalue weighted by Crippen LogP contribution is 2.17. The molecule has 132 valence electrons. The molecule has 5 nitrogen and oxygen atoms in total. The summed E-state index contributed by atoms with van der Waals surface area (Å²) in [5.74, 6) is -1.78. The van der Waals surface area contributed by atoms with Gasteiger partial charge in [0.2, 0.25) is 11.8 Å². The number of rotatable bonds is 6. The second kappa shape index (κ2) is 8.34. The Balaban J connectivity index is 1.86. The molecule has 2 amide bonds. The molecule has 0 heterocycles. The standard InChI is InChI=1S/C18H19F2N3O2/c1-11(16-8-3-13(19)9-17(16)20)21-10-18(25)23-15-6-4-14(5-7-15)22-12(2)24/h3-9,11,21H,10H2,1-2H3,(H,22,24)(H,23,25)/t11-/m1/s1. The molecule has 25 heavy (non-hydrogen) atoms. The molecular formula is C18H19F2N3O2. The number of amides is 2. The number of nitrogens with one attached hydrogen (secondary N) is 3. The predicted molar refractivity (Wildman–Crippen MR) is 92.2 cm³/mol. The van der Waals surface area contributed by atoms with Crippen molar-refractivity contribution < 1.29 is 18.4 Å². The Morgan fingerprint density at radius 2 is 1.60 bits per heavy atom. The van der Waals surface area contributed by atoms with Crippen LogP contribution < -0.4 is 16.0 Å². The maximum absolute atomic E-state index is 13.7. The van der Waals surface area contributed by atoms with Gasteiger partial charge in [-0.05, 0) is 37.3 Å². The Morgan fingerprint density at radius 1 is 1.00 bits per heavy atom. The molecule has 0 unspecified atom stereocenters. The first-order chi connectivity index (χ1) is 11.8. The summed E-state index contributed by atoms with van der Waals surface area (Å²) in [6.07, 6.45) is 0. The summed E-state index contributed by atoms with van der Waals surface area (Å²) < 4.78 is 26.6. The van der Waals surface area contributed by atoms with Crippen molar-refractivity contribution in [3.8, 4) is 0 Å². The van der Waals surface area contributed by atoms with E-state index in [9.17, 15) is 18.4 Å². The second-order valence-corrected chi connectivity index (χ2v) is 5.58. The molecule has 0 aliphatic rings. The van der Waals surface area contributed by atoms with Crippen LogP contribution in [0.5, 0.6) is 0 Å². The minimum atomic E-state index is -0.658. The largest absolute Gasteiger partial charge is 0.326 e. The molecule has 0 fully saturated rings. The zero-order valence-electron chi connectivity index (χ0n) is 13.9. The smallest absolute Gasteiger partial charge is 0.238 e. The van der Waals surface area contributed by atoms with Crippen molar-refractivity contribution in [1.82, 2.24) is 5.32 Å². The van der Waals surface area contributed by atoms with Gasteiger partial charge in [-0.2, -0.15) is 0 Å². The van der Waals surface area contributed by atoms with E-state index in [4.69, 9.17) is 0 Å². The molecule has 3 N–H and O–H groups in total. The highest BCUT2D eigenvalue weighted by atomic mass is 19.1. The number of anilines is 2. The zero-order chi connectivity index (χ0) is 18.4. The van der Waals surface area contributed by atoms with Crippen LogP contribution in [0.1, 0.15) is 25.5 Å². The third kappa shape index (κ3) is 5.65. The van der Waals surface area contributed by atoms with E-state index in [2.05, 4.69) is 16.0 Å². The first kappa shape index (κ1) is 18.5. The average Bonchev–Trinajstić information content (AvgIpc) is 2.54. The predicted octanol–water partition coefficient (Wildman–Crippen LogP) is 3.21. The Hall–Kier alpha value is -2.80. The lowest BCUT2D eigenvalue weighted by molar-refractivity contribution is -0.115. The first-order valence-corrected chi connectivity index (χ1v) is 7.71. The molecule has 0 saturated carbocycles. The third-order valence-electron chi connectivity index (χ3n) is 3.49. The molecule has 2 rings (SSSR count). The minimum absolute atomic E-state index is 0.0363. The first-order valence-electron chi connectivity index (χ1n) is 7.71. The summed E-state index contributed by atoms with van der Waals surface area (Å²) in [5.41, 5.74) is 1.49. The highest BCUT2D eigenvalue weighted by molar-refractivity contribution is 5.93. The van der Waals surface area contributed by atoms with Crippen LogP contribution in [-0.4, -0.2) is 18.4 Å². The van der Waals surface area contributed by atoms with Crippen molar-refractivity contribution in [2.45, 2.75) is 19.9 Å². The quantitative estimate of drug-likeness (QED) is 0.751. The Morgan fingerprint density at radius 3 is 2.16 bits per heavy atom. The number of carbonyl (C=O) groups excluding carboxylic acids is 2. The van der Waals surface area contributed by atoms with Crippen LogP contribution >= 0.6 is 0 Å². The molecular weight excluding hydrogens is 328 g/mol. The van der Waals surface area contributed by atoms with Crippen molar-refractivity contribution >= 4 is 23.2 Å². The lowest BCUT2D eigenvalue weighted by Gasteiger charge is -2.15. The van der Waals surface area contributed by atoms with Crippen LogP contribution in [0.15, 0.2) is 42.5 Å². The van der Waals surface area contributed by atoms with E-state index < -0.39 is 17.7 Å². The molecule has 0 aliphatic heterocycles. The molecule has 0 bridgehead atoms. The lowest BCUT2D eigenvalue weighted by atomic mass is 10.1. The summed E-state index contributed by atoms with van der Waals surface area (Å²) in [7, 11) is 0. The maximum atomic E-state index is 13.7. The van der Waals surface area contributed by atoms with Crippen LogP contribution in [0.3, 0.4) is 0 Å². The summed E-state index contributed by atoms with van der Waals surface area (Å²) in [4.78, 5) is 22.9. The summed E-state index contributed by atoms with van der Waals surface area (Å²) in [6.45, 7) is 3.06.